The van der Waals surface area contributed by atoms with Crippen LogP contribution in [0.3, 0.4) is 0 Å². The average Bonchev–Trinajstić information content (AvgIpc) is 2.98. The van der Waals surface area contributed by atoms with Crippen LogP contribution in [0.2, 0.25) is 0 Å². The van der Waals surface area contributed by atoms with Gasteiger partial charge in [0.2, 0.25) is 11.7 Å². The van der Waals surface area contributed by atoms with Gasteiger partial charge in [-0.15, -0.1) is 0 Å². The molecule has 4 rings (SSSR count). The Morgan fingerprint density at radius 2 is 1.68 bits per heavy atom. The fourth-order valence-corrected chi connectivity index (χ4v) is 6.88. The maximum Gasteiger partial charge on any atom is 0.326 e. The van der Waals surface area contributed by atoms with Gasteiger partial charge in [0.1, 0.15) is 24.1 Å². The minimum absolute atomic E-state index is 0.134. The molecule has 0 fully saturated rings. The number of carbonyl (C=O) groups is 2. The molecule has 0 unspecified atom stereocenters. The van der Waals surface area contributed by atoms with Crippen LogP contribution >= 0.6 is 45.2 Å². The molecule has 216 valence electrons. The third kappa shape index (κ3) is 6.83. The van der Waals surface area contributed by atoms with Gasteiger partial charge in [0.15, 0.2) is 11.5 Å². The number of fused-ring (bicyclic) bond motifs is 1. The summed E-state index contributed by atoms with van der Waals surface area (Å²) in [6.45, 7) is 0.468. The van der Waals surface area contributed by atoms with E-state index in [4.69, 9.17) is 23.7 Å². The molecule has 0 radical (unpaired) electrons. The Hall–Kier alpha value is -3.20. The molecule has 0 aliphatic carbocycles. The summed E-state index contributed by atoms with van der Waals surface area (Å²) in [5, 5.41) is 10.0. The summed E-state index contributed by atoms with van der Waals surface area (Å²) in [6.07, 6.45) is 3.15. The van der Waals surface area contributed by atoms with Gasteiger partial charge in [-0.05, 0) is 104 Å². The highest BCUT2D eigenvalue weighted by Crippen LogP contribution is 2.39. The van der Waals surface area contributed by atoms with Crippen molar-refractivity contribution in [1.82, 2.24) is 4.90 Å². The number of carboxylic acids is 1. The normalized spacial score (nSPS) is 14.4. The third-order valence-electron chi connectivity index (χ3n) is 6.68. The molecular weight excluding hydrogens is 756 g/mol. The molecule has 0 saturated carbocycles. The fourth-order valence-electron chi connectivity index (χ4n) is 4.60. The zero-order chi connectivity index (χ0) is 29.7. The molecule has 41 heavy (non-hydrogen) atoms. The van der Waals surface area contributed by atoms with E-state index in [1.807, 2.05) is 30.3 Å². The molecular formula is C30H29I2NO8. The number of carbonyl (C=O) groups excluding carboxylic acids is 1. The Morgan fingerprint density at radius 3 is 2.29 bits per heavy atom. The largest absolute Gasteiger partial charge is 0.497 e. The van der Waals surface area contributed by atoms with E-state index in [-0.39, 0.29) is 13.0 Å². The minimum Gasteiger partial charge on any atom is -0.497 e. The van der Waals surface area contributed by atoms with E-state index < -0.39 is 17.9 Å². The zero-order valence-corrected chi connectivity index (χ0v) is 27.2. The molecule has 1 aliphatic rings. The van der Waals surface area contributed by atoms with Crippen LogP contribution in [0.1, 0.15) is 22.3 Å². The molecule has 1 N–H and O–H groups in total. The van der Waals surface area contributed by atoms with Crippen LogP contribution in [0, 0.1) is 7.14 Å². The number of carboxylic acid groups (broad SMARTS) is 1. The van der Waals surface area contributed by atoms with Crippen LogP contribution in [0.5, 0.6) is 28.7 Å². The van der Waals surface area contributed by atoms with E-state index in [0.717, 1.165) is 29.6 Å². The Balaban J connectivity index is 1.61. The van der Waals surface area contributed by atoms with Crippen molar-refractivity contribution in [3.05, 3.63) is 77.9 Å². The molecule has 1 aliphatic heterocycles. The number of amides is 1. The number of halogens is 2. The highest BCUT2D eigenvalue weighted by molar-refractivity contribution is 14.1. The Bertz CT molecular complexity index is 1460. The maximum atomic E-state index is 13.4. The number of aliphatic carboxylic acids is 1. The Labute approximate surface area is 265 Å². The van der Waals surface area contributed by atoms with Crippen molar-refractivity contribution in [2.75, 3.05) is 28.4 Å². The van der Waals surface area contributed by atoms with Crippen LogP contribution in [0.15, 0.2) is 48.5 Å². The summed E-state index contributed by atoms with van der Waals surface area (Å²) in [4.78, 5) is 27.0. The molecule has 0 spiro atoms. The lowest BCUT2D eigenvalue weighted by Gasteiger charge is -2.35. The quantitative estimate of drug-likeness (QED) is 0.211. The van der Waals surface area contributed by atoms with Crippen molar-refractivity contribution in [3.63, 3.8) is 0 Å². The van der Waals surface area contributed by atoms with Gasteiger partial charge < -0.3 is 33.7 Å². The van der Waals surface area contributed by atoms with Gasteiger partial charge >= 0.3 is 5.97 Å². The van der Waals surface area contributed by atoms with Crippen molar-refractivity contribution >= 4 is 63.1 Å². The van der Waals surface area contributed by atoms with Gasteiger partial charge in [0.05, 0.1) is 35.6 Å². The van der Waals surface area contributed by atoms with Crippen molar-refractivity contribution in [3.8, 4) is 28.7 Å². The lowest BCUT2D eigenvalue weighted by Crippen LogP contribution is -2.48. The molecule has 3 aromatic carbocycles. The predicted octanol–water partition coefficient (Wildman–Crippen LogP) is 5.56. The van der Waals surface area contributed by atoms with Crippen LogP contribution in [-0.2, 0) is 29.2 Å². The summed E-state index contributed by atoms with van der Waals surface area (Å²) < 4.78 is 29.4. The van der Waals surface area contributed by atoms with Gasteiger partial charge in [0.25, 0.3) is 0 Å². The number of methoxy groups -OCH3 is 4. The van der Waals surface area contributed by atoms with Gasteiger partial charge in [-0.25, -0.2) is 4.79 Å². The summed E-state index contributed by atoms with van der Waals surface area (Å²) in [5.41, 5.74) is 3.35. The van der Waals surface area contributed by atoms with Crippen molar-refractivity contribution < 1.29 is 38.4 Å². The second kappa shape index (κ2) is 13.6. The second-order valence-corrected chi connectivity index (χ2v) is 11.3. The molecule has 3 aromatic rings. The topological polar surface area (TPSA) is 104 Å². The highest BCUT2D eigenvalue weighted by atomic mass is 127. The van der Waals surface area contributed by atoms with E-state index in [9.17, 15) is 14.7 Å². The van der Waals surface area contributed by atoms with Gasteiger partial charge in [-0.1, -0.05) is 12.1 Å². The number of rotatable bonds is 10. The number of ether oxygens (including phenoxy) is 5. The summed E-state index contributed by atoms with van der Waals surface area (Å²) in [6, 6.07) is 12.0. The molecule has 11 heteroatoms. The van der Waals surface area contributed by atoms with Gasteiger partial charge in [0, 0.05) is 19.0 Å². The molecule has 9 nitrogen and oxygen atoms in total. The number of hydrogen-bond acceptors (Lipinski definition) is 7. The van der Waals surface area contributed by atoms with Crippen molar-refractivity contribution in [2.45, 2.75) is 25.6 Å². The summed E-state index contributed by atoms with van der Waals surface area (Å²) in [5.74, 6) is 1.28. The first-order valence-corrected chi connectivity index (χ1v) is 14.6. The SMILES string of the molecule is COc1cccc(COc2c(I)cc3c(c2I)CN(C(=O)/C=C\c2cc(OC)c(OC)c(OC)c2)[C@H](C(=O)O)C3)c1. The number of hydrogen-bond donors (Lipinski definition) is 1. The van der Waals surface area contributed by atoms with Crippen LogP contribution in [0.4, 0.5) is 0 Å². The van der Waals surface area contributed by atoms with E-state index in [1.165, 1.54) is 32.3 Å². The van der Waals surface area contributed by atoms with Crippen molar-refractivity contribution in [2.24, 2.45) is 0 Å². The number of nitrogens with zero attached hydrogens (tertiary/aromatic N) is 1. The number of benzene rings is 3. The first kappa shape index (κ1) is 30.8. The lowest BCUT2D eigenvalue weighted by molar-refractivity contribution is -0.149. The zero-order valence-electron chi connectivity index (χ0n) is 22.9. The monoisotopic (exact) mass is 785 g/mol. The molecule has 0 saturated heterocycles. The van der Waals surface area contributed by atoms with E-state index >= 15 is 0 Å². The minimum atomic E-state index is -1.06. The van der Waals surface area contributed by atoms with E-state index in [0.29, 0.717) is 35.2 Å². The first-order valence-electron chi connectivity index (χ1n) is 12.5. The first-order chi connectivity index (χ1) is 19.7. The van der Waals surface area contributed by atoms with Gasteiger partial charge in [-0.3, -0.25) is 4.79 Å². The third-order valence-corrected chi connectivity index (χ3v) is 8.62. The van der Waals surface area contributed by atoms with Crippen LogP contribution < -0.4 is 23.7 Å². The standard InChI is InChI=1S/C30H29I2NO8/c1-37-20-7-5-6-18(10-20)16-41-28-22(31)13-19-14-23(30(35)36)33(15-21(19)27(28)32)26(34)9-8-17-11-24(38-2)29(40-4)25(12-17)39-3/h5-13,23H,14-16H2,1-4H3,(H,35,36)/b9-8-/t23-/m0/s1. The summed E-state index contributed by atoms with van der Waals surface area (Å²) >= 11 is 4.42. The van der Waals surface area contributed by atoms with Crippen LogP contribution in [0.25, 0.3) is 6.08 Å². The Morgan fingerprint density at radius 1 is 0.976 bits per heavy atom. The van der Waals surface area contributed by atoms with E-state index in [1.54, 1.807) is 25.3 Å². The van der Waals surface area contributed by atoms with E-state index in [2.05, 4.69) is 45.2 Å². The average molecular weight is 785 g/mol. The maximum absolute atomic E-state index is 13.4. The lowest BCUT2D eigenvalue weighted by atomic mass is 9.93. The van der Waals surface area contributed by atoms with Crippen molar-refractivity contribution in [1.29, 1.82) is 0 Å². The molecule has 1 heterocycles. The Kier molecular flexibility index (Phi) is 10.2. The smallest absolute Gasteiger partial charge is 0.326 e. The van der Waals surface area contributed by atoms with Crippen LogP contribution in [-0.4, -0.2) is 56.4 Å². The molecule has 1 atom stereocenters. The summed E-state index contributed by atoms with van der Waals surface area (Å²) in [7, 11) is 6.15. The fraction of sp³-hybridized carbons (Fsp3) is 0.267. The van der Waals surface area contributed by atoms with Gasteiger partial charge in [-0.2, -0.15) is 0 Å². The second-order valence-electron chi connectivity index (χ2n) is 9.10. The molecule has 0 aromatic heterocycles. The highest BCUT2D eigenvalue weighted by Gasteiger charge is 2.36. The predicted molar refractivity (Wildman–Crippen MR) is 170 cm³/mol. The molecule has 1 amide bonds. The molecule has 0 bridgehead atoms.